The van der Waals surface area contributed by atoms with Gasteiger partial charge < -0.3 is 49.7 Å². The summed E-state index contributed by atoms with van der Waals surface area (Å²) in [5, 5.41) is 11.0. The highest BCUT2D eigenvalue weighted by molar-refractivity contribution is 7.98. The summed E-state index contributed by atoms with van der Waals surface area (Å²) < 4.78 is 34.9. The van der Waals surface area contributed by atoms with Crippen LogP contribution in [0.4, 0.5) is 4.79 Å². The maximum Gasteiger partial charge on any atom is 0.408 e. The first kappa shape index (κ1) is 61.5. The van der Waals surface area contributed by atoms with E-state index < -0.39 is 95.5 Å². The number of ether oxygens (including phenoxy) is 6. The van der Waals surface area contributed by atoms with Crippen LogP contribution in [-0.4, -0.2) is 121 Å². The van der Waals surface area contributed by atoms with Gasteiger partial charge in [0.25, 0.3) is 5.91 Å². The summed E-state index contributed by atoms with van der Waals surface area (Å²) in [5.74, 6) is -2.96. The van der Waals surface area contributed by atoms with Crippen LogP contribution in [0.5, 0.6) is 5.75 Å². The number of alkyl carbamates (subject to hydrolysis) is 1. The molecule has 4 N–H and O–H groups in total. The first-order valence-electron chi connectivity index (χ1n) is 25.3. The lowest BCUT2D eigenvalue weighted by molar-refractivity contribution is -0.168. The topological polar surface area (TPSA) is 223 Å². The van der Waals surface area contributed by atoms with E-state index in [0.717, 1.165) is 51.4 Å². The van der Waals surface area contributed by atoms with Crippen LogP contribution in [0.2, 0.25) is 0 Å². The molecule has 0 unspecified atom stereocenters. The minimum Gasteiger partial charge on any atom is -0.488 e. The Labute approximate surface area is 421 Å². The van der Waals surface area contributed by atoms with Crippen molar-refractivity contribution in [3.05, 3.63) is 29.8 Å². The third kappa shape index (κ3) is 24.5. The van der Waals surface area contributed by atoms with Crippen molar-refractivity contribution in [2.45, 2.75) is 219 Å². The Morgan fingerprint density at radius 2 is 1.27 bits per heavy atom. The molecule has 0 aliphatic carbocycles. The molecule has 1 aliphatic rings. The van der Waals surface area contributed by atoms with Crippen LogP contribution in [-0.2, 0) is 58.9 Å². The number of nitrogens with one attached hydrogen (secondary N) is 4. The molecular weight excluding hydrogens is 921 g/mol. The fourth-order valence-corrected chi connectivity index (χ4v) is 8.14. The van der Waals surface area contributed by atoms with Gasteiger partial charge in [-0.15, -0.1) is 0 Å². The number of carbonyl (C=O) groups is 7. The molecule has 0 radical (unpaired) electrons. The van der Waals surface area contributed by atoms with Crippen LogP contribution >= 0.6 is 11.8 Å². The van der Waals surface area contributed by atoms with Crippen molar-refractivity contribution >= 4 is 53.5 Å². The standard InChI is InChI=1S/C52H86N4O13S/c1-13-15-17-19-21-23-41(57)66-43-40(33-53-46(59)37(29-30-70-12)56-50(63)69-52(8,9)10)65-45(44(43)67-42(58)24-22-20-18-16-14-2)48(61)54-38(47(60)55-39(31-34(3)4)49(62)64-11)32-35-25-27-36(28-26-35)68-51(5,6)7/h25-28,34,37-40,43-45H,13-24,29-33H2,1-12H3,(H,53,59)(H,54,61)(H,55,60)(H,56,63)/t37-,38-,39-,40+,43+,44-,45+/m0/s1. The van der Waals surface area contributed by atoms with E-state index in [9.17, 15) is 33.6 Å². The molecule has 70 heavy (non-hydrogen) atoms. The van der Waals surface area contributed by atoms with Crippen LogP contribution in [0.25, 0.3) is 0 Å². The minimum absolute atomic E-state index is 0.0101. The normalized spacial score (nSPS) is 18.2. The van der Waals surface area contributed by atoms with E-state index in [2.05, 4.69) is 35.1 Å². The lowest BCUT2D eigenvalue weighted by Gasteiger charge is -2.27. The molecule has 0 bridgehead atoms. The number of hydrogen-bond donors (Lipinski definition) is 4. The zero-order valence-electron chi connectivity index (χ0n) is 44.2. The average Bonchev–Trinajstić information content (AvgIpc) is 3.60. The molecule has 0 aromatic heterocycles. The van der Waals surface area contributed by atoms with Crippen molar-refractivity contribution in [3.8, 4) is 5.75 Å². The third-order valence-electron chi connectivity index (χ3n) is 11.1. The first-order valence-corrected chi connectivity index (χ1v) is 26.7. The van der Waals surface area contributed by atoms with Gasteiger partial charge in [-0.25, -0.2) is 9.59 Å². The predicted octanol–water partition coefficient (Wildman–Crippen LogP) is 7.67. The Bertz CT molecular complexity index is 1780. The van der Waals surface area contributed by atoms with E-state index in [1.807, 2.05) is 40.9 Å². The van der Waals surface area contributed by atoms with Gasteiger partial charge in [0.15, 0.2) is 18.3 Å². The molecule has 17 nitrogen and oxygen atoms in total. The molecule has 1 saturated heterocycles. The molecule has 0 saturated carbocycles. The van der Waals surface area contributed by atoms with Crippen molar-refractivity contribution in [2.24, 2.45) is 5.92 Å². The minimum atomic E-state index is -1.63. The van der Waals surface area contributed by atoms with Gasteiger partial charge >= 0.3 is 24.0 Å². The van der Waals surface area contributed by atoms with Gasteiger partial charge in [0.1, 0.15) is 41.2 Å². The lowest BCUT2D eigenvalue weighted by Crippen LogP contribution is -2.56. The Balaban J connectivity index is 2.64. The molecule has 1 fully saturated rings. The molecule has 398 valence electrons. The van der Waals surface area contributed by atoms with Gasteiger partial charge in [-0.2, -0.15) is 11.8 Å². The summed E-state index contributed by atoms with van der Waals surface area (Å²) in [4.78, 5) is 95.9. The van der Waals surface area contributed by atoms with Gasteiger partial charge in [0, 0.05) is 25.8 Å². The number of benzene rings is 1. The number of rotatable bonds is 31. The fraction of sp³-hybridized carbons (Fsp3) is 0.750. The van der Waals surface area contributed by atoms with E-state index in [1.54, 1.807) is 45.0 Å². The molecule has 7 atom stereocenters. The zero-order chi connectivity index (χ0) is 52.4. The van der Waals surface area contributed by atoms with Crippen molar-refractivity contribution in [2.75, 3.05) is 25.7 Å². The maximum atomic E-state index is 14.8. The quantitative estimate of drug-likeness (QED) is 0.0319. The third-order valence-corrected chi connectivity index (χ3v) is 11.7. The predicted molar refractivity (Wildman–Crippen MR) is 270 cm³/mol. The monoisotopic (exact) mass is 1010 g/mol. The van der Waals surface area contributed by atoms with E-state index in [1.165, 1.54) is 18.9 Å². The molecular formula is C52H86N4O13S. The van der Waals surface area contributed by atoms with Crippen LogP contribution in [0.15, 0.2) is 24.3 Å². The smallest absolute Gasteiger partial charge is 0.408 e. The van der Waals surface area contributed by atoms with E-state index >= 15 is 0 Å². The van der Waals surface area contributed by atoms with Gasteiger partial charge in [-0.3, -0.25) is 24.0 Å². The van der Waals surface area contributed by atoms with Crippen molar-refractivity contribution in [1.82, 2.24) is 21.3 Å². The van der Waals surface area contributed by atoms with Crippen LogP contribution in [0, 0.1) is 5.92 Å². The Morgan fingerprint density at radius 3 is 1.79 bits per heavy atom. The second kappa shape index (κ2) is 31.7. The Morgan fingerprint density at radius 1 is 0.700 bits per heavy atom. The van der Waals surface area contributed by atoms with Gasteiger partial charge in [-0.1, -0.05) is 91.2 Å². The molecule has 2 rings (SSSR count). The highest BCUT2D eigenvalue weighted by Gasteiger charge is 2.53. The SMILES string of the molecule is CCCCCCCC(=O)O[C@H]1[C@H](OC(=O)CCCCCCC)[C@H](C(=O)N[C@@H](Cc2ccc(OC(C)(C)C)cc2)C(=O)N[C@@H](CC(C)C)C(=O)OC)O[C@@H]1CNC(=O)[C@H](CCSC)NC(=O)OC(C)(C)C. The van der Waals surface area contributed by atoms with Gasteiger partial charge in [0.05, 0.1) is 7.11 Å². The largest absolute Gasteiger partial charge is 0.488 e. The number of hydrogen-bond acceptors (Lipinski definition) is 14. The summed E-state index contributed by atoms with van der Waals surface area (Å²) in [6.07, 6.45) is 4.40. The number of amides is 4. The summed E-state index contributed by atoms with van der Waals surface area (Å²) in [6, 6.07) is 3.67. The van der Waals surface area contributed by atoms with Crippen molar-refractivity contribution in [1.29, 1.82) is 0 Å². The number of thioether (sulfide) groups is 1. The van der Waals surface area contributed by atoms with E-state index in [0.29, 0.717) is 29.9 Å². The molecule has 18 heteroatoms. The Kier molecular flexibility index (Phi) is 27.9. The first-order chi connectivity index (χ1) is 33.0. The number of methoxy groups -OCH3 is 1. The number of esters is 3. The molecule has 1 aromatic rings. The number of carbonyl (C=O) groups excluding carboxylic acids is 7. The van der Waals surface area contributed by atoms with E-state index in [4.69, 9.17) is 28.4 Å². The van der Waals surface area contributed by atoms with Crippen LogP contribution < -0.4 is 26.0 Å². The van der Waals surface area contributed by atoms with Crippen molar-refractivity contribution < 1.29 is 62.0 Å². The highest BCUT2D eigenvalue weighted by Crippen LogP contribution is 2.29. The zero-order valence-corrected chi connectivity index (χ0v) is 45.0. The van der Waals surface area contributed by atoms with Crippen LogP contribution in [0.1, 0.15) is 165 Å². The second-order valence-electron chi connectivity index (χ2n) is 20.4. The molecule has 1 aliphatic heterocycles. The summed E-state index contributed by atoms with van der Waals surface area (Å²) in [5.41, 5.74) is -0.655. The molecule has 1 heterocycles. The van der Waals surface area contributed by atoms with Gasteiger partial charge in [0.2, 0.25) is 11.8 Å². The van der Waals surface area contributed by atoms with Crippen LogP contribution in [0.3, 0.4) is 0 Å². The lowest BCUT2D eigenvalue weighted by atomic mass is 10.0. The summed E-state index contributed by atoms with van der Waals surface area (Å²) in [7, 11) is 1.23. The van der Waals surface area contributed by atoms with E-state index in [-0.39, 0.29) is 44.6 Å². The highest BCUT2D eigenvalue weighted by atomic mass is 32.2. The molecule has 1 aromatic carbocycles. The molecule has 0 spiro atoms. The van der Waals surface area contributed by atoms with Crippen molar-refractivity contribution in [3.63, 3.8) is 0 Å². The second-order valence-corrected chi connectivity index (χ2v) is 21.4. The Hall–Kier alpha value is -4.58. The molecule has 4 amide bonds. The summed E-state index contributed by atoms with van der Waals surface area (Å²) >= 11 is 1.48. The number of unbranched alkanes of at least 4 members (excludes halogenated alkanes) is 8. The average molecular weight is 1010 g/mol. The summed E-state index contributed by atoms with van der Waals surface area (Å²) in [6.45, 7) is 18.5. The van der Waals surface area contributed by atoms with Gasteiger partial charge in [-0.05, 0) is 103 Å². The fourth-order valence-electron chi connectivity index (χ4n) is 7.67. The maximum absolute atomic E-state index is 14.8.